The van der Waals surface area contributed by atoms with E-state index in [0.29, 0.717) is 12.1 Å². The Morgan fingerprint density at radius 1 is 1.24 bits per heavy atom. The third kappa shape index (κ3) is 2.81. The van der Waals surface area contributed by atoms with Gasteiger partial charge in [0.15, 0.2) is 17.3 Å². The van der Waals surface area contributed by atoms with Crippen LogP contribution >= 0.6 is 0 Å². The van der Waals surface area contributed by atoms with Crippen LogP contribution in [0.4, 0.5) is 24.5 Å². The number of nitro groups is 1. The highest BCUT2D eigenvalue weighted by Gasteiger charge is 2.24. The molecule has 1 amide bonds. The minimum atomic E-state index is -1.61. The Morgan fingerprint density at radius 2 is 1.95 bits per heavy atom. The van der Waals surface area contributed by atoms with Crippen LogP contribution in [-0.2, 0) is 0 Å². The first kappa shape index (κ1) is 14.4. The summed E-state index contributed by atoms with van der Waals surface area (Å²) < 4.78 is 40.0. The zero-order valence-corrected chi connectivity index (χ0v) is 10.1. The average molecular weight is 297 g/mol. The molecule has 0 aliphatic rings. The summed E-state index contributed by atoms with van der Waals surface area (Å²) in [5, 5.41) is 12.5. The first-order chi connectivity index (χ1) is 9.91. The molecule has 0 saturated heterocycles. The Bertz CT molecular complexity index is 737. The third-order valence-corrected chi connectivity index (χ3v) is 2.51. The number of aromatic nitrogens is 1. The van der Waals surface area contributed by atoms with Gasteiger partial charge in [-0.15, -0.1) is 0 Å². The average Bonchev–Trinajstić information content (AvgIpc) is 2.44. The molecule has 1 aromatic heterocycles. The van der Waals surface area contributed by atoms with Gasteiger partial charge >= 0.3 is 0 Å². The zero-order chi connectivity index (χ0) is 15.6. The number of amides is 1. The van der Waals surface area contributed by atoms with Gasteiger partial charge < -0.3 is 5.32 Å². The van der Waals surface area contributed by atoms with Crippen LogP contribution in [-0.4, -0.2) is 15.8 Å². The number of pyridine rings is 1. The van der Waals surface area contributed by atoms with E-state index in [1.54, 1.807) is 5.32 Å². The molecule has 0 unspecified atom stereocenters. The summed E-state index contributed by atoms with van der Waals surface area (Å²) in [7, 11) is 0. The summed E-state index contributed by atoms with van der Waals surface area (Å²) >= 11 is 0. The molecule has 1 N–H and O–H groups in total. The van der Waals surface area contributed by atoms with Gasteiger partial charge in [-0.3, -0.25) is 14.9 Å². The molecule has 2 rings (SSSR count). The lowest BCUT2D eigenvalue weighted by Crippen LogP contribution is -2.17. The fourth-order valence-corrected chi connectivity index (χ4v) is 1.55. The molecule has 0 aliphatic carbocycles. The van der Waals surface area contributed by atoms with Crippen molar-refractivity contribution in [2.75, 3.05) is 5.32 Å². The second kappa shape index (κ2) is 5.57. The summed E-state index contributed by atoms with van der Waals surface area (Å²) in [6.45, 7) is 0. The lowest BCUT2D eigenvalue weighted by molar-refractivity contribution is -0.384. The Hall–Kier alpha value is -2.97. The third-order valence-electron chi connectivity index (χ3n) is 2.51. The molecule has 0 spiro atoms. The zero-order valence-electron chi connectivity index (χ0n) is 10.1. The molecule has 0 atom stereocenters. The molecule has 9 heteroatoms. The molecule has 21 heavy (non-hydrogen) atoms. The minimum absolute atomic E-state index is 0.549. The monoisotopic (exact) mass is 297 g/mol. The highest BCUT2D eigenvalue weighted by Crippen LogP contribution is 2.29. The molecule has 108 valence electrons. The van der Waals surface area contributed by atoms with E-state index in [1.165, 1.54) is 6.07 Å². The van der Waals surface area contributed by atoms with Gasteiger partial charge in [-0.1, -0.05) is 0 Å². The molecular formula is C12H6F3N3O3. The number of nitrogens with one attached hydrogen (secondary N) is 1. The summed E-state index contributed by atoms with van der Waals surface area (Å²) in [5.74, 6) is -5.33. The molecule has 0 fully saturated rings. The number of hydrogen-bond donors (Lipinski definition) is 1. The van der Waals surface area contributed by atoms with Crippen LogP contribution < -0.4 is 5.32 Å². The van der Waals surface area contributed by atoms with Crippen molar-refractivity contribution in [3.8, 4) is 0 Å². The van der Waals surface area contributed by atoms with Gasteiger partial charge in [0, 0.05) is 12.3 Å². The predicted octanol–water partition coefficient (Wildman–Crippen LogP) is 2.66. The van der Waals surface area contributed by atoms with Crippen LogP contribution in [0.5, 0.6) is 0 Å². The second-order valence-corrected chi connectivity index (χ2v) is 3.81. The van der Waals surface area contributed by atoms with Crippen LogP contribution in [0, 0.1) is 27.7 Å². The van der Waals surface area contributed by atoms with Crippen LogP contribution in [0.3, 0.4) is 0 Å². The van der Waals surface area contributed by atoms with E-state index in [-0.39, 0.29) is 0 Å². The molecule has 1 aromatic carbocycles. The van der Waals surface area contributed by atoms with E-state index in [9.17, 15) is 28.1 Å². The maximum Gasteiger partial charge on any atom is 0.296 e. The van der Waals surface area contributed by atoms with E-state index in [4.69, 9.17) is 0 Å². The topological polar surface area (TPSA) is 85.1 Å². The summed E-state index contributed by atoms with van der Waals surface area (Å²) in [6.07, 6.45) is 1.08. The van der Waals surface area contributed by atoms with Gasteiger partial charge in [-0.05, 0) is 18.2 Å². The number of benzene rings is 1. The van der Waals surface area contributed by atoms with Crippen LogP contribution in [0.15, 0.2) is 30.5 Å². The van der Waals surface area contributed by atoms with Gasteiger partial charge in [-0.25, -0.2) is 13.8 Å². The number of nitro benzene ring substituents is 1. The quantitative estimate of drug-likeness (QED) is 0.536. The highest BCUT2D eigenvalue weighted by atomic mass is 19.2. The number of halogens is 3. The smallest absolute Gasteiger partial charge is 0.296 e. The molecule has 1 heterocycles. The Kier molecular flexibility index (Phi) is 3.83. The van der Waals surface area contributed by atoms with Crippen LogP contribution in [0.2, 0.25) is 0 Å². The number of carbonyl (C=O) groups is 1. The molecule has 0 radical (unpaired) electrons. The molecule has 2 aromatic rings. The fraction of sp³-hybridized carbons (Fsp3) is 0. The van der Waals surface area contributed by atoms with Crippen molar-refractivity contribution in [2.45, 2.75) is 0 Å². The number of carbonyl (C=O) groups excluding carboxylic acids is 1. The Balaban J connectivity index is 2.44. The highest BCUT2D eigenvalue weighted by molar-refractivity contribution is 6.05. The first-order valence-electron chi connectivity index (χ1n) is 5.46. The Labute approximate surface area is 115 Å². The number of anilines is 1. The number of nitrogens with zero attached hydrogens (tertiary/aromatic N) is 2. The predicted molar refractivity (Wildman–Crippen MR) is 65.2 cm³/mol. The molecule has 0 bridgehead atoms. The van der Waals surface area contributed by atoms with Crippen molar-refractivity contribution in [1.82, 2.24) is 4.98 Å². The first-order valence-corrected chi connectivity index (χ1v) is 5.46. The molecule has 0 saturated carbocycles. The number of hydrogen-bond acceptors (Lipinski definition) is 4. The van der Waals surface area contributed by atoms with E-state index in [0.717, 1.165) is 12.3 Å². The maximum atomic E-state index is 13.6. The van der Waals surface area contributed by atoms with Gasteiger partial charge in [0.05, 0.1) is 10.5 Å². The lowest BCUT2D eigenvalue weighted by atomic mass is 10.2. The molecule has 6 nitrogen and oxygen atoms in total. The maximum absolute atomic E-state index is 13.6. The summed E-state index contributed by atoms with van der Waals surface area (Å²) in [5.41, 5.74) is -2.39. The molecular weight excluding hydrogens is 291 g/mol. The van der Waals surface area contributed by atoms with Gasteiger partial charge in [0.1, 0.15) is 0 Å². The van der Waals surface area contributed by atoms with Crippen molar-refractivity contribution in [3.05, 3.63) is 63.7 Å². The SMILES string of the molecule is O=C(Nc1c([N+](=O)[O-])ccc(F)c1F)c1cccnc1F. The van der Waals surface area contributed by atoms with E-state index in [1.807, 2.05) is 0 Å². The van der Waals surface area contributed by atoms with E-state index in [2.05, 4.69) is 4.98 Å². The minimum Gasteiger partial charge on any atom is -0.314 e. The van der Waals surface area contributed by atoms with Crippen molar-refractivity contribution < 1.29 is 22.9 Å². The van der Waals surface area contributed by atoms with Crippen LogP contribution in [0.25, 0.3) is 0 Å². The van der Waals surface area contributed by atoms with E-state index < -0.39 is 45.4 Å². The van der Waals surface area contributed by atoms with Crippen molar-refractivity contribution in [2.24, 2.45) is 0 Å². The normalized spacial score (nSPS) is 10.2. The fourth-order valence-electron chi connectivity index (χ4n) is 1.55. The molecule has 0 aliphatic heterocycles. The van der Waals surface area contributed by atoms with E-state index >= 15 is 0 Å². The van der Waals surface area contributed by atoms with Gasteiger partial charge in [-0.2, -0.15) is 4.39 Å². The van der Waals surface area contributed by atoms with Crippen molar-refractivity contribution in [1.29, 1.82) is 0 Å². The lowest BCUT2D eigenvalue weighted by Gasteiger charge is -2.07. The van der Waals surface area contributed by atoms with Crippen molar-refractivity contribution >= 4 is 17.3 Å². The summed E-state index contributed by atoms with van der Waals surface area (Å²) in [6, 6.07) is 3.52. The van der Waals surface area contributed by atoms with Crippen molar-refractivity contribution in [3.63, 3.8) is 0 Å². The standard InChI is InChI=1S/C12H6F3N3O3/c13-7-3-4-8(18(20)21)10(9(7)14)17-12(19)6-2-1-5-16-11(6)15/h1-5H,(H,17,19). The Morgan fingerprint density at radius 3 is 2.57 bits per heavy atom. The van der Waals surface area contributed by atoms with Gasteiger partial charge in [0.2, 0.25) is 5.95 Å². The number of rotatable bonds is 3. The second-order valence-electron chi connectivity index (χ2n) is 3.81. The summed E-state index contributed by atoms with van der Waals surface area (Å²) in [4.78, 5) is 24.7. The van der Waals surface area contributed by atoms with Crippen LogP contribution in [0.1, 0.15) is 10.4 Å². The largest absolute Gasteiger partial charge is 0.314 e. The van der Waals surface area contributed by atoms with Gasteiger partial charge in [0.25, 0.3) is 11.6 Å².